The van der Waals surface area contributed by atoms with E-state index in [1.54, 1.807) is 18.2 Å². The Labute approximate surface area is 151 Å². The van der Waals surface area contributed by atoms with Crippen LogP contribution >= 0.6 is 0 Å². The highest BCUT2D eigenvalue weighted by molar-refractivity contribution is 5.96. The molecule has 1 saturated heterocycles. The van der Waals surface area contributed by atoms with Crippen LogP contribution in [0.1, 0.15) is 23.2 Å². The number of carbonyl (C=O) groups excluding carboxylic acids is 1. The Hall–Kier alpha value is -2.95. The third kappa shape index (κ3) is 3.38. The van der Waals surface area contributed by atoms with Crippen molar-refractivity contribution in [2.24, 2.45) is 0 Å². The van der Waals surface area contributed by atoms with Crippen molar-refractivity contribution in [3.63, 3.8) is 0 Å². The van der Waals surface area contributed by atoms with E-state index in [0.29, 0.717) is 11.3 Å². The molecule has 1 aromatic heterocycles. The molecule has 0 atom stereocenters. The highest BCUT2D eigenvalue weighted by Crippen LogP contribution is 2.25. The first kappa shape index (κ1) is 16.5. The molecule has 0 bridgehead atoms. The van der Waals surface area contributed by atoms with Crippen molar-refractivity contribution >= 4 is 23.0 Å². The van der Waals surface area contributed by atoms with Crippen LogP contribution in [-0.2, 0) is 0 Å². The molecule has 2 aromatic carbocycles. The molecule has 0 saturated carbocycles. The highest BCUT2D eigenvalue weighted by atomic mass is 19.1. The lowest BCUT2D eigenvalue weighted by Gasteiger charge is -2.33. The van der Waals surface area contributed by atoms with Crippen LogP contribution in [0, 0.1) is 5.82 Å². The van der Waals surface area contributed by atoms with Gasteiger partial charge in [-0.15, -0.1) is 0 Å². The normalized spacial score (nSPS) is 15.2. The van der Waals surface area contributed by atoms with Crippen LogP contribution in [0.5, 0.6) is 5.75 Å². The monoisotopic (exact) mass is 350 g/mol. The van der Waals surface area contributed by atoms with E-state index in [1.807, 2.05) is 24.3 Å². The molecular formula is C21H19FN2O2. The van der Waals surface area contributed by atoms with Gasteiger partial charge in [0.2, 0.25) is 0 Å². The number of hydrogen-bond acceptors (Lipinski definition) is 4. The number of ether oxygens (including phenoxy) is 1. The molecule has 4 nitrogen and oxygen atoms in total. The number of hydrogen-bond donors (Lipinski definition) is 0. The minimum atomic E-state index is -0.286. The lowest BCUT2D eigenvalue weighted by Crippen LogP contribution is -2.38. The number of anilines is 1. The summed E-state index contributed by atoms with van der Waals surface area (Å²) in [5, 5.41) is 0.961. The molecule has 1 aliphatic heterocycles. The molecule has 0 radical (unpaired) electrons. The summed E-state index contributed by atoms with van der Waals surface area (Å²) in [7, 11) is 0. The quantitative estimate of drug-likeness (QED) is 0.660. The summed E-state index contributed by atoms with van der Waals surface area (Å²) in [5.74, 6) is 1.16. The van der Waals surface area contributed by atoms with Crippen molar-refractivity contribution in [1.82, 2.24) is 4.98 Å². The molecule has 3 aromatic rings. The molecular weight excluding hydrogens is 331 g/mol. The van der Waals surface area contributed by atoms with Gasteiger partial charge in [-0.2, -0.15) is 0 Å². The predicted octanol–water partition coefficient (Wildman–Crippen LogP) is 4.23. The Kier molecular flexibility index (Phi) is 4.52. The molecule has 26 heavy (non-hydrogen) atoms. The van der Waals surface area contributed by atoms with Gasteiger partial charge in [0.05, 0.1) is 5.52 Å². The number of pyridine rings is 1. The van der Waals surface area contributed by atoms with E-state index < -0.39 is 0 Å². The maximum atomic E-state index is 13.3. The second-order valence-corrected chi connectivity index (χ2v) is 6.47. The molecule has 1 aliphatic rings. The lowest BCUT2D eigenvalue weighted by molar-refractivity contribution is 0.112. The Balaban J connectivity index is 1.46. The molecule has 0 unspecified atom stereocenters. The van der Waals surface area contributed by atoms with E-state index in [2.05, 4.69) is 4.90 Å². The highest BCUT2D eigenvalue weighted by Gasteiger charge is 2.22. The number of para-hydroxylation sites is 1. The fraction of sp³-hybridized carbons (Fsp3) is 0.238. The summed E-state index contributed by atoms with van der Waals surface area (Å²) in [6.45, 7) is 1.61. The number of carbonyl (C=O) groups is 1. The largest absolute Gasteiger partial charge is 0.490 e. The summed E-state index contributed by atoms with van der Waals surface area (Å²) in [6, 6.07) is 15.9. The zero-order chi connectivity index (χ0) is 17.9. The minimum absolute atomic E-state index is 0.0686. The van der Waals surface area contributed by atoms with E-state index in [9.17, 15) is 9.18 Å². The molecule has 0 spiro atoms. The smallest absolute Gasteiger partial charge is 0.152 e. The van der Waals surface area contributed by atoms with Crippen LogP contribution in [-0.4, -0.2) is 30.5 Å². The van der Waals surface area contributed by atoms with Gasteiger partial charge in [0.25, 0.3) is 0 Å². The number of nitrogens with zero attached hydrogens (tertiary/aromatic N) is 2. The Morgan fingerprint density at radius 1 is 1.08 bits per heavy atom. The van der Waals surface area contributed by atoms with Crippen molar-refractivity contribution in [3.8, 4) is 5.75 Å². The van der Waals surface area contributed by atoms with Crippen molar-refractivity contribution in [1.29, 1.82) is 0 Å². The van der Waals surface area contributed by atoms with Crippen molar-refractivity contribution in [3.05, 3.63) is 66.0 Å². The molecule has 132 valence electrons. The van der Waals surface area contributed by atoms with Gasteiger partial charge >= 0.3 is 0 Å². The maximum absolute atomic E-state index is 13.3. The molecule has 0 aliphatic carbocycles. The number of rotatable bonds is 4. The van der Waals surface area contributed by atoms with Gasteiger partial charge < -0.3 is 9.64 Å². The van der Waals surface area contributed by atoms with Gasteiger partial charge in [-0.25, -0.2) is 9.37 Å². The van der Waals surface area contributed by atoms with Gasteiger partial charge in [0.15, 0.2) is 6.29 Å². The van der Waals surface area contributed by atoms with Gasteiger partial charge in [0.1, 0.15) is 23.5 Å². The number of piperidine rings is 1. The minimum Gasteiger partial charge on any atom is -0.490 e. The van der Waals surface area contributed by atoms with Crippen LogP contribution in [0.25, 0.3) is 10.9 Å². The SMILES string of the molecule is O=Cc1cccc2ccc(N3CCC(Oc4cccc(F)c4)CC3)nc12. The summed E-state index contributed by atoms with van der Waals surface area (Å²) in [6.07, 6.45) is 2.59. The van der Waals surface area contributed by atoms with Gasteiger partial charge in [-0.3, -0.25) is 4.79 Å². The first-order valence-corrected chi connectivity index (χ1v) is 8.75. The summed E-state index contributed by atoms with van der Waals surface area (Å²) in [4.78, 5) is 18.1. The Bertz CT molecular complexity index is 936. The number of halogens is 1. The number of fused-ring (bicyclic) bond motifs is 1. The van der Waals surface area contributed by atoms with Crippen LogP contribution in [0.4, 0.5) is 10.2 Å². The van der Waals surface area contributed by atoms with Crippen LogP contribution in [0.3, 0.4) is 0 Å². The fourth-order valence-corrected chi connectivity index (χ4v) is 3.37. The summed E-state index contributed by atoms with van der Waals surface area (Å²) in [5.41, 5.74) is 1.34. The Morgan fingerprint density at radius 2 is 1.88 bits per heavy atom. The Morgan fingerprint density at radius 3 is 2.65 bits per heavy atom. The standard InChI is InChI=1S/C21H19FN2O2/c22-17-5-2-6-19(13-17)26-18-9-11-24(12-10-18)20-8-7-15-3-1-4-16(14-25)21(15)23-20/h1-8,13-14,18H,9-12H2. The molecule has 4 rings (SSSR count). The van der Waals surface area contributed by atoms with Crippen molar-refractivity contribution in [2.75, 3.05) is 18.0 Å². The number of aldehydes is 1. The van der Waals surface area contributed by atoms with Crippen LogP contribution in [0.2, 0.25) is 0 Å². The number of benzene rings is 2. The predicted molar refractivity (Wildman–Crippen MR) is 99.4 cm³/mol. The summed E-state index contributed by atoms with van der Waals surface area (Å²) < 4.78 is 19.2. The topological polar surface area (TPSA) is 42.4 Å². The zero-order valence-corrected chi connectivity index (χ0v) is 14.3. The second-order valence-electron chi connectivity index (χ2n) is 6.47. The molecule has 0 amide bonds. The molecule has 1 fully saturated rings. The van der Waals surface area contributed by atoms with E-state index >= 15 is 0 Å². The van der Waals surface area contributed by atoms with Gasteiger partial charge in [0, 0.05) is 42.9 Å². The van der Waals surface area contributed by atoms with Crippen LogP contribution < -0.4 is 9.64 Å². The molecule has 2 heterocycles. The van der Waals surface area contributed by atoms with Gasteiger partial charge in [-0.1, -0.05) is 18.2 Å². The third-order valence-electron chi connectivity index (χ3n) is 4.73. The van der Waals surface area contributed by atoms with Crippen molar-refractivity contribution < 1.29 is 13.9 Å². The maximum Gasteiger partial charge on any atom is 0.152 e. The van der Waals surface area contributed by atoms with Crippen LogP contribution in [0.15, 0.2) is 54.6 Å². The van der Waals surface area contributed by atoms with Gasteiger partial charge in [-0.05, 0) is 30.3 Å². The lowest BCUT2D eigenvalue weighted by atomic mass is 10.1. The fourth-order valence-electron chi connectivity index (χ4n) is 3.37. The van der Waals surface area contributed by atoms with Crippen molar-refractivity contribution in [2.45, 2.75) is 18.9 Å². The van der Waals surface area contributed by atoms with E-state index in [4.69, 9.17) is 9.72 Å². The van der Waals surface area contributed by atoms with E-state index in [0.717, 1.165) is 48.9 Å². The van der Waals surface area contributed by atoms with E-state index in [1.165, 1.54) is 12.1 Å². The van der Waals surface area contributed by atoms with E-state index in [-0.39, 0.29) is 11.9 Å². The average molecular weight is 350 g/mol. The second kappa shape index (κ2) is 7.12. The first-order chi connectivity index (χ1) is 12.7. The zero-order valence-electron chi connectivity index (χ0n) is 14.3. The first-order valence-electron chi connectivity index (χ1n) is 8.75. The average Bonchev–Trinajstić information content (AvgIpc) is 2.68. The number of aromatic nitrogens is 1. The third-order valence-corrected chi connectivity index (χ3v) is 4.73. The molecule has 0 N–H and O–H groups in total. The summed E-state index contributed by atoms with van der Waals surface area (Å²) >= 11 is 0. The molecule has 5 heteroatoms.